The lowest BCUT2D eigenvalue weighted by Crippen LogP contribution is -2.64. The first-order chi connectivity index (χ1) is 16.3. The van der Waals surface area contributed by atoms with Crippen molar-refractivity contribution >= 4 is 58.9 Å². The van der Waals surface area contributed by atoms with Crippen molar-refractivity contribution in [3.05, 3.63) is 69.7 Å². The maximum atomic E-state index is 14.8. The van der Waals surface area contributed by atoms with Gasteiger partial charge >= 0.3 is 5.92 Å². The first-order valence-corrected chi connectivity index (χ1v) is 11.4. The number of carbonyl (C=O) groups is 4. The molecule has 0 radical (unpaired) electrons. The van der Waals surface area contributed by atoms with E-state index in [0.29, 0.717) is 16.7 Å². The highest BCUT2D eigenvalue weighted by Gasteiger charge is 2.50. The molecular formula is C22H21B3ClF2N3O4. The van der Waals surface area contributed by atoms with E-state index in [4.69, 9.17) is 11.6 Å². The fraction of sp³-hybridized carbons (Fsp3) is 0.273. The number of alkyl halides is 2. The van der Waals surface area contributed by atoms with Crippen LogP contribution in [0.3, 0.4) is 0 Å². The smallest absolute Gasteiger partial charge is 0.348 e. The third kappa shape index (κ3) is 4.35. The van der Waals surface area contributed by atoms with Gasteiger partial charge in [-0.05, 0) is 35.7 Å². The van der Waals surface area contributed by atoms with E-state index >= 15 is 0 Å². The number of hydrogen-bond donors (Lipinski definition) is 1. The Bertz CT molecular complexity index is 1250. The normalized spacial score (nSPS) is 22.1. The Morgan fingerprint density at radius 2 is 1.86 bits per heavy atom. The van der Waals surface area contributed by atoms with Gasteiger partial charge < -0.3 is 9.71 Å². The second-order valence-electron chi connectivity index (χ2n) is 9.32. The molecule has 178 valence electrons. The zero-order valence-electron chi connectivity index (χ0n) is 19.4. The topological polar surface area (TPSA) is 86.8 Å². The second kappa shape index (κ2) is 8.82. The van der Waals surface area contributed by atoms with E-state index < -0.39 is 34.6 Å². The summed E-state index contributed by atoms with van der Waals surface area (Å²) in [6.07, 6.45) is 0.196. The molecule has 0 spiro atoms. The van der Waals surface area contributed by atoms with Crippen molar-refractivity contribution < 1.29 is 28.0 Å². The predicted molar refractivity (Wildman–Crippen MR) is 132 cm³/mol. The summed E-state index contributed by atoms with van der Waals surface area (Å²) in [6.45, 7) is 0.0260. The van der Waals surface area contributed by atoms with E-state index in [-0.39, 0.29) is 36.3 Å². The van der Waals surface area contributed by atoms with Gasteiger partial charge in [0, 0.05) is 35.1 Å². The van der Waals surface area contributed by atoms with Crippen molar-refractivity contribution in [2.24, 2.45) is 0 Å². The SMILES string of the molecule is BC1C[C@](B)(N2Cc3cc(CN(B)C(=O)C(F)(F)c4ccc(Cl)cc4)ccc3C2=O)C(=O)NC1=O. The van der Waals surface area contributed by atoms with E-state index in [0.717, 1.165) is 16.9 Å². The van der Waals surface area contributed by atoms with E-state index in [1.807, 2.05) is 0 Å². The van der Waals surface area contributed by atoms with Crippen LogP contribution in [0, 0.1) is 0 Å². The van der Waals surface area contributed by atoms with Crippen LogP contribution in [-0.4, -0.2) is 62.5 Å². The van der Waals surface area contributed by atoms with Crippen LogP contribution in [0.1, 0.15) is 33.5 Å². The Hall–Kier alpha value is -3.14. The van der Waals surface area contributed by atoms with Crippen LogP contribution >= 0.6 is 11.6 Å². The summed E-state index contributed by atoms with van der Waals surface area (Å²) >= 11 is 5.75. The van der Waals surface area contributed by atoms with E-state index in [2.05, 4.69) is 5.32 Å². The van der Waals surface area contributed by atoms with Crippen molar-refractivity contribution in [3.63, 3.8) is 0 Å². The Morgan fingerprint density at radius 3 is 2.51 bits per heavy atom. The quantitative estimate of drug-likeness (QED) is 0.457. The summed E-state index contributed by atoms with van der Waals surface area (Å²) in [5, 5.41) is 2.62. The number of carbonyl (C=O) groups excluding carboxylic acids is 4. The summed E-state index contributed by atoms with van der Waals surface area (Å²) in [7, 11) is 4.60. The van der Waals surface area contributed by atoms with Crippen molar-refractivity contribution in [3.8, 4) is 0 Å². The molecule has 1 unspecified atom stereocenters. The summed E-state index contributed by atoms with van der Waals surface area (Å²) in [5.41, 5.74) is -0.0791. The van der Waals surface area contributed by atoms with Gasteiger partial charge in [0.1, 0.15) is 15.7 Å². The molecule has 2 aromatic carbocycles. The summed E-state index contributed by atoms with van der Waals surface area (Å²) in [4.78, 5) is 52.5. The first-order valence-electron chi connectivity index (χ1n) is 11.0. The minimum Gasteiger partial charge on any atom is -0.384 e. The molecular weight excluding hydrogens is 476 g/mol. The van der Waals surface area contributed by atoms with Crippen molar-refractivity contribution in [2.75, 3.05) is 0 Å². The van der Waals surface area contributed by atoms with Crippen molar-refractivity contribution in [1.29, 1.82) is 0 Å². The molecule has 0 aliphatic carbocycles. The standard InChI is InChI=1S/C22H21B3ClF2N3O4/c23-16-8-21(24,19(34)29-17(16)32)30-10-12-7-11(1-6-15(12)18(30)33)9-31(25)20(35)22(27,28)13-2-4-14(26)5-3-13/h1-7,16H,8-10,23-25H2,(H,29,32,34)/t16?,21-/m0/s1. The number of halogens is 3. The van der Waals surface area contributed by atoms with Gasteiger partial charge in [0.15, 0.2) is 0 Å². The third-order valence-corrected chi connectivity index (χ3v) is 6.94. The molecule has 0 aromatic heterocycles. The van der Waals surface area contributed by atoms with Crippen molar-refractivity contribution in [2.45, 2.75) is 36.7 Å². The number of imide groups is 1. The first kappa shape index (κ1) is 25.0. The summed E-state index contributed by atoms with van der Waals surface area (Å²) in [5.74, 6) is -6.79. The van der Waals surface area contributed by atoms with Crippen LogP contribution in [-0.2, 0) is 33.4 Å². The largest absolute Gasteiger partial charge is 0.384 e. The Labute approximate surface area is 208 Å². The minimum atomic E-state index is -3.74. The predicted octanol–water partition coefficient (Wildman–Crippen LogP) is -0.238. The van der Waals surface area contributed by atoms with Gasteiger partial charge in [0.25, 0.3) is 11.8 Å². The van der Waals surface area contributed by atoms with Crippen LogP contribution in [0.2, 0.25) is 10.8 Å². The highest BCUT2D eigenvalue weighted by atomic mass is 35.5. The number of hydrogen-bond acceptors (Lipinski definition) is 4. The lowest BCUT2D eigenvalue weighted by molar-refractivity contribution is -0.154. The third-order valence-electron chi connectivity index (χ3n) is 6.69. The Kier molecular flexibility index (Phi) is 6.29. The lowest BCUT2D eigenvalue weighted by atomic mass is 9.62. The molecule has 4 rings (SSSR count). The molecule has 35 heavy (non-hydrogen) atoms. The number of nitrogens with one attached hydrogen (secondary N) is 1. The molecule has 2 heterocycles. The van der Waals surface area contributed by atoms with Gasteiger partial charge in [-0.1, -0.05) is 35.9 Å². The molecule has 1 N–H and O–H groups in total. The van der Waals surface area contributed by atoms with Crippen LogP contribution < -0.4 is 5.32 Å². The van der Waals surface area contributed by atoms with Crippen molar-refractivity contribution in [1.82, 2.24) is 15.0 Å². The molecule has 2 aromatic rings. The molecule has 7 nitrogen and oxygen atoms in total. The molecule has 1 fully saturated rings. The highest BCUT2D eigenvalue weighted by molar-refractivity contribution is 6.36. The summed E-state index contributed by atoms with van der Waals surface area (Å²) < 4.78 is 29.5. The number of amides is 4. The van der Waals surface area contributed by atoms with Crippen LogP contribution in [0.25, 0.3) is 0 Å². The monoisotopic (exact) mass is 497 g/mol. The average molecular weight is 497 g/mol. The van der Waals surface area contributed by atoms with Crippen LogP contribution in [0.4, 0.5) is 8.78 Å². The highest BCUT2D eigenvalue weighted by Crippen LogP contribution is 2.36. The van der Waals surface area contributed by atoms with Gasteiger partial charge in [0.2, 0.25) is 19.8 Å². The fourth-order valence-corrected chi connectivity index (χ4v) is 4.75. The minimum absolute atomic E-state index is 0.104. The zero-order chi connectivity index (χ0) is 25.7. The molecule has 13 heteroatoms. The summed E-state index contributed by atoms with van der Waals surface area (Å²) in [6, 6.07) is 9.66. The maximum Gasteiger partial charge on any atom is 0.348 e. The molecule has 2 aliphatic heterocycles. The Morgan fingerprint density at radius 1 is 1.20 bits per heavy atom. The van der Waals surface area contributed by atoms with E-state index in [1.54, 1.807) is 33.9 Å². The van der Waals surface area contributed by atoms with Gasteiger partial charge in [-0.25, -0.2) is 0 Å². The molecule has 4 amide bonds. The number of piperidine rings is 1. The fourth-order valence-electron chi connectivity index (χ4n) is 4.62. The van der Waals surface area contributed by atoms with Gasteiger partial charge in [-0.15, -0.1) is 0 Å². The maximum absolute atomic E-state index is 14.8. The number of fused-ring (bicyclic) bond motifs is 1. The number of nitrogens with zero attached hydrogens (tertiary/aromatic N) is 2. The van der Waals surface area contributed by atoms with Gasteiger partial charge in [0.05, 0.1) is 5.44 Å². The lowest BCUT2D eigenvalue weighted by Gasteiger charge is -2.42. The zero-order valence-corrected chi connectivity index (χ0v) is 20.2. The van der Waals surface area contributed by atoms with E-state index in [1.165, 1.54) is 25.0 Å². The van der Waals surface area contributed by atoms with E-state index in [9.17, 15) is 28.0 Å². The molecule has 2 atom stereocenters. The average Bonchev–Trinajstić information content (AvgIpc) is 3.14. The molecule has 0 saturated carbocycles. The molecule has 2 aliphatic rings. The van der Waals surface area contributed by atoms with Gasteiger partial charge in [-0.3, -0.25) is 24.5 Å². The molecule has 1 saturated heterocycles. The number of benzene rings is 2. The Balaban J connectivity index is 1.51. The van der Waals surface area contributed by atoms with Gasteiger partial charge in [-0.2, -0.15) is 8.78 Å². The molecule has 0 bridgehead atoms. The number of rotatable bonds is 5. The van der Waals surface area contributed by atoms with Crippen LogP contribution in [0.5, 0.6) is 0 Å². The van der Waals surface area contributed by atoms with Crippen LogP contribution in [0.15, 0.2) is 42.5 Å². The second-order valence-corrected chi connectivity index (χ2v) is 9.76.